The summed E-state index contributed by atoms with van der Waals surface area (Å²) in [7, 11) is 1.53. The Labute approximate surface area is 112 Å². The van der Waals surface area contributed by atoms with E-state index in [2.05, 4.69) is 5.32 Å². The zero-order valence-electron chi connectivity index (χ0n) is 11.0. The Balaban J connectivity index is 2.35. The van der Waals surface area contributed by atoms with Gasteiger partial charge in [0.15, 0.2) is 0 Å². The van der Waals surface area contributed by atoms with Crippen LogP contribution < -0.4 is 15.8 Å². The van der Waals surface area contributed by atoms with Crippen molar-refractivity contribution in [3.8, 4) is 5.75 Å². The zero-order valence-corrected chi connectivity index (χ0v) is 11.0. The highest BCUT2D eigenvalue weighted by Gasteiger charge is 2.07. The molecule has 0 aliphatic heterocycles. The van der Waals surface area contributed by atoms with Gasteiger partial charge in [-0.05, 0) is 24.6 Å². The average Bonchev–Trinajstić information content (AvgIpc) is 2.42. The monoisotopic (exact) mass is 268 g/mol. The van der Waals surface area contributed by atoms with Crippen LogP contribution in [0.25, 0.3) is 0 Å². The Hall–Kier alpha value is -1.79. The highest BCUT2D eigenvalue weighted by Crippen LogP contribution is 2.21. The van der Waals surface area contributed by atoms with Gasteiger partial charge >= 0.3 is 0 Å². The van der Waals surface area contributed by atoms with E-state index in [1.807, 2.05) is 0 Å². The van der Waals surface area contributed by atoms with Crippen LogP contribution in [-0.2, 0) is 4.74 Å². The van der Waals surface area contributed by atoms with Crippen molar-refractivity contribution in [2.75, 3.05) is 39.2 Å². The number of carbonyl (C=O) groups is 1. The van der Waals surface area contributed by atoms with Gasteiger partial charge in [0.1, 0.15) is 5.75 Å². The van der Waals surface area contributed by atoms with E-state index in [0.717, 1.165) is 0 Å². The molecule has 0 saturated heterocycles. The van der Waals surface area contributed by atoms with Crippen LogP contribution >= 0.6 is 0 Å². The minimum absolute atomic E-state index is 0.0114. The van der Waals surface area contributed by atoms with E-state index in [9.17, 15) is 4.79 Å². The zero-order chi connectivity index (χ0) is 14.1. The van der Waals surface area contributed by atoms with Crippen molar-refractivity contribution in [1.29, 1.82) is 0 Å². The minimum atomic E-state index is -0.184. The summed E-state index contributed by atoms with van der Waals surface area (Å²) >= 11 is 0. The number of aliphatic hydroxyl groups is 1. The first kappa shape index (κ1) is 15.3. The maximum atomic E-state index is 11.8. The van der Waals surface area contributed by atoms with E-state index in [4.69, 9.17) is 20.3 Å². The molecular weight excluding hydrogens is 248 g/mol. The summed E-state index contributed by atoms with van der Waals surface area (Å²) < 4.78 is 10.1. The average molecular weight is 268 g/mol. The number of nitrogens with one attached hydrogen (secondary N) is 1. The van der Waals surface area contributed by atoms with Crippen molar-refractivity contribution in [2.45, 2.75) is 6.42 Å². The van der Waals surface area contributed by atoms with Crippen LogP contribution in [0, 0.1) is 0 Å². The fourth-order valence-electron chi connectivity index (χ4n) is 1.52. The molecule has 0 aliphatic rings. The number of methoxy groups -OCH3 is 1. The number of anilines is 1. The first-order valence-corrected chi connectivity index (χ1v) is 6.09. The van der Waals surface area contributed by atoms with Gasteiger partial charge in [-0.15, -0.1) is 0 Å². The topological polar surface area (TPSA) is 93.8 Å². The highest BCUT2D eigenvalue weighted by atomic mass is 16.5. The number of ether oxygens (including phenoxy) is 2. The number of benzene rings is 1. The molecule has 0 heterocycles. The van der Waals surface area contributed by atoms with E-state index >= 15 is 0 Å². The number of amides is 1. The van der Waals surface area contributed by atoms with E-state index in [1.165, 1.54) is 7.11 Å². The van der Waals surface area contributed by atoms with Crippen LogP contribution in [0.2, 0.25) is 0 Å². The number of hydrogen-bond donors (Lipinski definition) is 3. The lowest BCUT2D eigenvalue weighted by molar-refractivity contribution is 0.0867. The summed E-state index contributed by atoms with van der Waals surface area (Å²) in [5.41, 5.74) is 6.66. The lowest BCUT2D eigenvalue weighted by Gasteiger charge is -2.08. The highest BCUT2D eigenvalue weighted by molar-refractivity contribution is 5.95. The number of aliphatic hydroxyl groups excluding tert-OH is 1. The van der Waals surface area contributed by atoms with Gasteiger partial charge in [-0.3, -0.25) is 4.79 Å². The van der Waals surface area contributed by atoms with E-state index in [-0.39, 0.29) is 12.5 Å². The molecule has 0 saturated carbocycles. The molecule has 0 atom stereocenters. The molecule has 0 fully saturated rings. The first-order valence-electron chi connectivity index (χ1n) is 6.09. The van der Waals surface area contributed by atoms with Crippen molar-refractivity contribution in [3.63, 3.8) is 0 Å². The third-order valence-corrected chi connectivity index (χ3v) is 2.48. The standard InChI is InChI=1S/C13H20N2O4/c1-18-12-4-3-10(9-11(12)14)13(17)15-5-2-7-19-8-6-16/h3-4,9,16H,2,5-8,14H2,1H3,(H,15,17). The minimum Gasteiger partial charge on any atom is -0.495 e. The summed E-state index contributed by atoms with van der Waals surface area (Å²) in [5, 5.41) is 11.3. The van der Waals surface area contributed by atoms with Crippen molar-refractivity contribution in [2.24, 2.45) is 0 Å². The van der Waals surface area contributed by atoms with Crippen molar-refractivity contribution in [3.05, 3.63) is 23.8 Å². The second-order valence-corrected chi connectivity index (χ2v) is 3.90. The molecule has 4 N–H and O–H groups in total. The maximum absolute atomic E-state index is 11.8. The van der Waals surface area contributed by atoms with Gasteiger partial charge in [0, 0.05) is 18.7 Å². The first-order chi connectivity index (χ1) is 9.19. The SMILES string of the molecule is COc1ccc(C(=O)NCCCOCCO)cc1N. The van der Waals surface area contributed by atoms with E-state index in [0.29, 0.717) is 43.2 Å². The molecule has 6 heteroatoms. The van der Waals surface area contributed by atoms with Crippen LogP contribution in [0.1, 0.15) is 16.8 Å². The molecule has 0 aliphatic carbocycles. The van der Waals surface area contributed by atoms with Gasteiger partial charge in [0.05, 0.1) is 26.0 Å². The van der Waals surface area contributed by atoms with Crippen molar-refractivity contribution in [1.82, 2.24) is 5.32 Å². The molecule has 1 aromatic carbocycles. The number of rotatable bonds is 8. The molecule has 0 radical (unpaired) electrons. The molecule has 0 aromatic heterocycles. The quantitative estimate of drug-likeness (QED) is 0.469. The van der Waals surface area contributed by atoms with Crippen LogP contribution in [-0.4, -0.2) is 44.5 Å². The fraction of sp³-hybridized carbons (Fsp3) is 0.462. The van der Waals surface area contributed by atoms with E-state index < -0.39 is 0 Å². The van der Waals surface area contributed by atoms with Crippen molar-refractivity contribution < 1.29 is 19.4 Å². The molecule has 106 valence electrons. The summed E-state index contributed by atoms with van der Waals surface area (Å²) in [5.74, 6) is 0.366. The molecule has 19 heavy (non-hydrogen) atoms. The number of nitrogens with two attached hydrogens (primary N) is 1. The Morgan fingerprint density at radius 1 is 1.42 bits per heavy atom. The fourth-order valence-corrected chi connectivity index (χ4v) is 1.52. The lowest BCUT2D eigenvalue weighted by Crippen LogP contribution is -2.25. The molecular formula is C13H20N2O4. The molecule has 0 spiro atoms. The normalized spacial score (nSPS) is 10.2. The number of carbonyl (C=O) groups excluding carboxylic acids is 1. The molecule has 0 unspecified atom stereocenters. The van der Waals surface area contributed by atoms with Crippen molar-refractivity contribution >= 4 is 11.6 Å². The Bertz CT molecular complexity index is 410. The maximum Gasteiger partial charge on any atom is 0.251 e. The van der Waals surface area contributed by atoms with Gasteiger partial charge in [-0.2, -0.15) is 0 Å². The molecule has 0 bridgehead atoms. The van der Waals surface area contributed by atoms with Crippen LogP contribution in [0.4, 0.5) is 5.69 Å². The summed E-state index contributed by atoms with van der Waals surface area (Å²) in [6.45, 7) is 1.35. The molecule has 6 nitrogen and oxygen atoms in total. The van der Waals surface area contributed by atoms with Gasteiger partial charge < -0.3 is 25.6 Å². The smallest absolute Gasteiger partial charge is 0.251 e. The third kappa shape index (κ3) is 5.15. The van der Waals surface area contributed by atoms with Gasteiger partial charge in [0.25, 0.3) is 5.91 Å². The Morgan fingerprint density at radius 3 is 2.84 bits per heavy atom. The second-order valence-electron chi connectivity index (χ2n) is 3.90. The molecule has 1 amide bonds. The summed E-state index contributed by atoms with van der Waals surface area (Å²) in [6, 6.07) is 4.90. The van der Waals surface area contributed by atoms with E-state index in [1.54, 1.807) is 18.2 Å². The summed E-state index contributed by atoms with van der Waals surface area (Å²) in [4.78, 5) is 11.8. The van der Waals surface area contributed by atoms with Gasteiger partial charge in [-0.1, -0.05) is 0 Å². The van der Waals surface area contributed by atoms with Crippen LogP contribution in [0.15, 0.2) is 18.2 Å². The lowest BCUT2D eigenvalue weighted by atomic mass is 10.1. The Morgan fingerprint density at radius 2 is 2.21 bits per heavy atom. The third-order valence-electron chi connectivity index (χ3n) is 2.48. The van der Waals surface area contributed by atoms with Crippen LogP contribution in [0.3, 0.4) is 0 Å². The summed E-state index contributed by atoms with van der Waals surface area (Å²) in [6.07, 6.45) is 0.692. The number of hydrogen-bond acceptors (Lipinski definition) is 5. The van der Waals surface area contributed by atoms with Crippen LogP contribution in [0.5, 0.6) is 5.75 Å². The largest absolute Gasteiger partial charge is 0.495 e. The molecule has 1 aromatic rings. The molecule has 1 rings (SSSR count). The Kier molecular flexibility index (Phi) is 6.70. The van der Waals surface area contributed by atoms with Gasteiger partial charge in [0.2, 0.25) is 0 Å². The second kappa shape index (κ2) is 8.34. The van der Waals surface area contributed by atoms with Gasteiger partial charge in [-0.25, -0.2) is 0 Å². The predicted octanol–water partition coefficient (Wildman–Crippen LogP) is 0.406. The predicted molar refractivity (Wildman–Crippen MR) is 72.3 cm³/mol. The number of nitrogen functional groups attached to an aromatic ring is 1.